The molecule has 8 rings (SSSR count). The van der Waals surface area contributed by atoms with Crippen molar-refractivity contribution in [1.82, 2.24) is 21.3 Å². The van der Waals surface area contributed by atoms with E-state index in [-0.39, 0.29) is 11.3 Å². The minimum atomic E-state index is -1.72. The molecule has 4 aromatic carbocycles. The van der Waals surface area contributed by atoms with E-state index in [1.54, 1.807) is 30.3 Å². The van der Waals surface area contributed by atoms with Gasteiger partial charge in [0, 0.05) is 27.7 Å². The number of halogens is 3. The van der Waals surface area contributed by atoms with Crippen molar-refractivity contribution in [3.05, 3.63) is 148 Å². The second kappa shape index (κ2) is 18.2. The fourth-order valence-electron chi connectivity index (χ4n) is 6.45. The van der Waals surface area contributed by atoms with Crippen LogP contribution >= 0.6 is 15.9 Å². The first-order chi connectivity index (χ1) is 27.7. The van der Waals surface area contributed by atoms with Crippen molar-refractivity contribution in [1.29, 1.82) is 0 Å². The molecule has 4 aromatic rings. The van der Waals surface area contributed by atoms with Gasteiger partial charge in [-0.15, -0.1) is 0 Å². The number of carbonyl (C=O) groups is 6. The third kappa shape index (κ3) is 10.1. The Bertz CT molecular complexity index is 2320. The molecule has 4 atom stereocenters. The molecule has 6 amide bonds. The molecule has 0 aliphatic carbocycles. The maximum Gasteiger partial charge on any atom is 0.491 e. The summed E-state index contributed by atoms with van der Waals surface area (Å²) >= 11 is 3.35. The van der Waals surface area contributed by atoms with Crippen molar-refractivity contribution in [2.45, 2.75) is 25.3 Å². The van der Waals surface area contributed by atoms with E-state index < -0.39 is 73.0 Å². The number of carbonyl (C=O) groups excluding carboxylic acids is 6. The van der Waals surface area contributed by atoms with Gasteiger partial charge in [0.1, 0.15) is 23.5 Å². The topological polar surface area (TPSA) is 209 Å². The van der Waals surface area contributed by atoms with Gasteiger partial charge in [0.2, 0.25) is 11.8 Å². The van der Waals surface area contributed by atoms with E-state index in [2.05, 4.69) is 37.2 Å². The number of benzene rings is 4. The summed E-state index contributed by atoms with van der Waals surface area (Å²) in [6, 6.07) is 25.5. The predicted molar refractivity (Wildman–Crippen MR) is 206 cm³/mol. The van der Waals surface area contributed by atoms with Crippen molar-refractivity contribution in [2.24, 2.45) is 11.8 Å². The van der Waals surface area contributed by atoms with Crippen LogP contribution in [0.25, 0.3) is 11.1 Å². The average molecular weight is 857 g/mol. The number of fused-ring (bicyclic) bond motifs is 2. The number of imide groups is 2. The number of rotatable bonds is 6. The second-order valence-corrected chi connectivity index (χ2v) is 14.0. The number of hydrogen-bond donors (Lipinski definition) is 6. The summed E-state index contributed by atoms with van der Waals surface area (Å²) < 4.78 is 37.4. The zero-order chi connectivity index (χ0) is 41.5. The lowest BCUT2D eigenvalue weighted by Gasteiger charge is -2.34. The van der Waals surface area contributed by atoms with Gasteiger partial charge >= 0.3 is 31.1 Å². The summed E-state index contributed by atoms with van der Waals surface area (Å²) in [6.45, 7) is 0. The van der Waals surface area contributed by atoms with Crippen LogP contribution in [0.3, 0.4) is 0 Å². The molecule has 0 bridgehead atoms. The Morgan fingerprint density at radius 2 is 1.05 bits per heavy atom. The fourth-order valence-corrected chi connectivity index (χ4v) is 6.71. The maximum absolute atomic E-state index is 13.9. The summed E-state index contributed by atoms with van der Waals surface area (Å²) in [6.07, 6.45) is 1.43. The Morgan fingerprint density at radius 1 is 0.603 bits per heavy atom. The van der Waals surface area contributed by atoms with Crippen molar-refractivity contribution in [3.63, 3.8) is 0 Å². The van der Waals surface area contributed by atoms with Crippen LogP contribution in [0.5, 0.6) is 0 Å². The highest BCUT2D eigenvalue weighted by Gasteiger charge is 2.44. The zero-order valence-electron chi connectivity index (χ0n) is 30.0. The summed E-state index contributed by atoms with van der Waals surface area (Å²) in [5.41, 5.74) is 4.11. The Kier molecular flexibility index (Phi) is 12.9. The summed E-state index contributed by atoms with van der Waals surface area (Å²) in [5, 5.41) is 26.3. The number of amides is 6. The van der Waals surface area contributed by atoms with E-state index in [1.165, 1.54) is 42.5 Å². The maximum atomic E-state index is 13.9. The van der Waals surface area contributed by atoms with Gasteiger partial charge in [0.25, 0.3) is 0 Å². The van der Waals surface area contributed by atoms with Crippen LogP contribution < -0.4 is 26.7 Å². The van der Waals surface area contributed by atoms with Crippen molar-refractivity contribution < 1.29 is 57.1 Å². The standard InChI is InChI=1S/C20H15FN2O4.C14H11BrN2O4.C6H6BFO2/c21-15-4-2-1-3-14(15)12-7-5-11(6-8-12)9-13-10-16(24)27-19-17(13)18(25)22-20(26)23-19;15-9-3-1-7(2-4-9)5-8-6-10(18)21-13-11(8)12(19)16-14(20)17-13;8-6-4-2-1-3-5(6)7(9)10/h1-8,10,17,19H,9H2,(H2,22,23,25,26);1-4,6,11,13H,5H2,(H2,16,17,19,20);1-4,9-10H. The van der Waals surface area contributed by atoms with E-state index in [9.17, 15) is 37.5 Å². The summed E-state index contributed by atoms with van der Waals surface area (Å²) in [5.74, 6) is -4.50. The minimum absolute atomic E-state index is 0.0949. The van der Waals surface area contributed by atoms with Gasteiger partial charge in [0.05, 0.1) is 0 Å². The summed E-state index contributed by atoms with van der Waals surface area (Å²) in [7, 11) is -1.72. The lowest BCUT2D eigenvalue weighted by Crippen LogP contribution is -2.61. The van der Waals surface area contributed by atoms with Crippen LogP contribution in [0.2, 0.25) is 0 Å². The molecule has 2 fully saturated rings. The van der Waals surface area contributed by atoms with Crippen LogP contribution in [0.4, 0.5) is 18.4 Å². The molecule has 4 unspecified atom stereocenters. The molecule has 296 valence electrons. The Balaban J connectivity index is 0.000000162. The molecule has 18 heteroatoms. The quantitative estimate of drug-likeness (QED) is 0.123. The van der Waals surface area contributed by atoms with Gasteiger partial charge in [0.15, 0.2) is 12.5 Å². The van der Waals surface area contributed by atoms with Crippen LogP contribution in [0.15, 0.2) is 125 Å². The number of hydrogen-bond acceptors (Lipinski definition) is 10. The molecule has 4 aliphatic heterocycles. The Labute approximate surface area is 337 Å². The smallest absolute Gasteiger partial charge is 0.437 e. The molecule has 0 spiro atoms. The molecule has 2 saturated heterocycles. The van der Waals surface area contributed by atoms with Crippen LogP contribution in [-0.4, -0.2) is 65.4 Å². The first-order valence-electron chi connectivity index (χ1n) is 17.5. The normalized spacial score (nSPS) is 20.5. The van der Waals surface area contributed by atoms with Crippen molar-refractivity contribution >= 4 is 64.3 Å². The molecule has 0 saturated carbocycles. The third-order valence-corrected chi connectivity index (χ3v) is 9.66. The van der Waals surface area contributed by atoms with Crippen molar-refractivity contribution in [3.8, 4) is 11.1 Å². The number of urea groups is 2. The van der Waals surface area contributed by atoms with E-state index in [1.807, 2.05) is 36.4 Å². The average Bonchev–Trinajstić information content (AvgIpc) is 3.16. The van der Waals surface area contributed by atoms with Gasteiger partial charge in [-0.25, -0.2) is 28.0 Å². The molecule has 4 heterocycles. The monoisotopic (exact) mass is 856 g/mol. The highest BCUT2D eigenvalue weighted by Crippen LogP contribution is 2.30. The molecular weight excluding hydrogens is 825 g/mol. The number of esters is 2. The minimum Gasteiger partial charge on any atom is -0.437 e. The molecule has 4 aliphatic rings. The zero-order valence-corrected chi connectivity index (χ0v) is 31.6. The third-order valence-electron chi connectivity index (χ3n) is 9.13. The van der Waals surface area contributed by atoms with E-state index in [0.717, 1.165) is 21.2 Å². The van der Waals surface area contributed by atoms with Crippen LogP contribution in [-0.2, 0) is 41.5 Å². The molecule has 0 aromatic heterocycles. The van der Waals surface area contributed by atoms with Gasteiger partial charge in [-0.05, 0) is 64.9 Å². The van der Waals surface area contributed by atoms with E-state index in [0.29, 0.717) is 29.6 Å². The molecule has 58 heavy (non-hydrogen) atoms. The van der Waals surface area contributed by atoms with Gasteiger partial charge in [-0.3, -0.25) is 20.2 Å². The lowest BCUT2D eigenvalue weighted by molar-refractivity contribution is -0.154. The lowest BCUT2D eigenvalue weighted by atomic mass is 9.80. The largest absolute Gasteiger partial charge is 0.491 e. The van der Waals surface area contributed by atoms with Gasteiger partial charge in [-0.1, -0.05) is 88.7 Å². The van der Waals surface area contributed by atoms with Gasteiger partial charge < -0.3 is 30.2 Å². The van der Waals surface area contributed by atoms with Crippen LogP contribution in [0.1, 0.15) is 11.1 Å². The van der Waals surface area contributed by atoms with Crippen LogP contribution in [0, 0.1) is 23.5 Å². The molecule has 0 radical (unpaired) electrons. The molecule has 14 nitrogen and oxygen atoms in total. The van der Waals surface area contributed by atoms with E-state index in [4.69, 9.17) is 19.5 Å². The SMILES string of the molecule is O=C1NC(=O)C2C(Cc3ccc(-c4ccccc4F)cc3)=CC(=O)OC2N1.O=C1NC(=O)C2C(Cc3ccc(Br)cc3)=CC(=O)OC2N1.OB(O)c1ccccc1F. The van der Waals surface area contributed by atoms with Crippen molar-refractivity contribution in [2.75, 3.05) is 0 Å². The molecule has 6 N–H and O–H groups in total. The first kappa shape index (κ1) is 41.1. The van der Waals surface area contributed by atoms with E-state index >= 15 is 0 Å². The molecular formula is C40H32BBrF2N4O10. The Hall–Kier alpha value is -6.50. The number of ether oxygens (including phenoxy) is 2. The summed E-state index contributed by atoms with van der Waals surface area (Å²) in [4.78, 5) is 70.2. The highest BCUT2D eigenvalue weighted by atomic mass is 79.9. The fraction of sp³-hybridized carbons (Fsp3) is 0.150. The highest BCUT2D eigenvalue weighted by molar-refractivity contribution is 9.10. The number of nitrogens with one attached hydrogen (secondary N) is 4. The first-order valence-corrected chi connectivity index (χ1v) is 18.3. The Morgan fingerprint density at radius 3 is 1.50 bits per heavy atom. The predicted octanol–water partition coefficient (Wildman–Crippen LogP) is 3.06. The second-order valence-electron chi connectivity index (χ2n) is 13.1. The van der Waals surface area contributed by atoms with Gasteiger partial charge in [-0.2, -0.15) is 0 Å².